The van der Waals surface area contributed by atoms with Crippen LogP contribution in [0.3, 0.4) is 0 Å². The quantitative estimate of drug-likeness (QED) is 0.374. The monoisotopic (exact) mass is 446 g/mol. The van der Waals surface area contributed by atoms with Crippen LogP contribution in [0.25, 0.3) is 0 Å². The first kappa shape index (κ1) is 28.6. The maximum Gasteiger partial charge on any atom is 0.222 e. The van der Waals surface area contributed by atoms with Crippen molar-refractivity contribution in [2.24, 2.45) is 23.2 Å². The predicted molar refractivity (Wildman–Crippen MR) is 137 cm³/mol. The number of carbonyl (C=O) groups is 1. The molecular weight excluding hydrogens is 396 g/mol. The number of carbonyl (C=O) groups excluding carboxylic acids is 1. The number of hydrogen-bond donors (Lipinski definition) is 1. The summed E-state index contributed by atoms with van der Waals surface area (Å²) in [7, 11) is 0. The summed E-state index contributed by atoms with van der Waals surface area (Å²) in [5.74, 6) is 1.79. The van der Waals surface area contributed by atoms with Crippen molar-refractivity contribution in [3.05, 3.63) is 35.4 Å². The van der Waals surface area contributed by atoms with Crippen LogP contribution >= 0.6 is 0 Å². The van der Waals surface area contributed by atoms with E-state index in [4.69, 9.17) is 4.74 Å². The molecule has 0 heterocycles. The molecule has 0 saturated carbocycles. The molecule has 1 N–H and O–H groups in total. The van der Waals surface area contributed by atoms with Gasteiger partial charge in [0.2, 0.25) is 5.91 Å². The second-order valence-corrected chi connectivity index (χ2v) is 11.4. The van der Waals surface area contributed by atoms with E-state index in [0.29, 0.717) is 36.8 Å². The fourth-order valence-electron chi connectivity index (χ4n) is 3.71. The van der Waals surface area contributed by atoms with Crippen molar-refractivity contribution >= 4 is 5.91 Å². The summed E-state index contributed by atoms with van der Waals surface area (Å²) >= 11 is 0. The fraction of sp³-hybridized carbons (Fsp3) is 0.750. The molecule has 1 aromatic rings. The van der Waals surface area contributed by atoms with Gasteiger partial charge in [-0.05, 0) is 50.1 Å². The Morgan fingerprint density at radius 3 is 2.22 bits per heavy atom. The molecule has 0 fully saturated rings. The average Bonchev–Trinajstić information content (AvgIpc) is 2.70. The van der Waals surface area contributed by atoms with E-state index in [1.54, 1.807) is 0 Å². The number of aryl methyl sites for hydroxylation is 2. The van der Waals surface area contributed by atoms with E-state index < -0.39 is 0 Å². The lowest BCUT2D eigenvalue weighted by Crippen LogP contribution is -2.43. The molecule has 0 radical (unpaired) electrons. The highest BCUT2D eigenvalue weighted by molar-refractivity contribution is 5.76. The van der Waals surface area contributed by atoms with E-state index in [2.05, 4.69) is 96.8 Å². The largest absolute Gasteiger partial charge is 0.380 e. The van der Waals surface area contributed by atoms with Gasteiger partial charge in [0.25, 0.3) is 0 Å². The minimum absolute atomic E-state index is 0.0806. The van der Waals surface area contributed by atoms with E-state index in [0.717, 1.165) is 32.7 Å². The molecule has 0 aliphatic carbocycles. The Hall–Kier alpha value is -1.39. The molecule has 4 nitrogen and oxygen atoms in total. The van der Waals surface area contributed by atoms with E-state index in [1.807, 2.05) is 0 Å². The molecule has 0 aromatic heterocycles. The van der Waals surface area contributed by atoms with Gasteiger partial charge in [0.05, 0.1) is 13.2 Å². The van der Waals surface area contributed by atoms with Crippen molar-refractivity contribution in [3.63, 3.8) is 0 Å². The molecule has 0 spiro atoms. The number of amides is 1. The maximum atomic E-state index is 13.1. The summed E-state index contributed by atoms with van der Waals surface area (Å²) in [4.78, 5) is 15.1. The van der Waals surface area contributed by atoms with Crippen LogP contribution in [-0.2, 0) is 16.0 Å². The minimum atomic E-state index is -0.0806. The second-order valence-electron chi connectivity index (χ2n) is 11.4. The van der Waals surface area contributed by atoms with Crippen LogP contribution in [0, 0.1) is 30.1 Å². The SMILES string of the molecule is Cc1ccc(CCC(=O)N(CC(C)C)CC(C)(C)COCC(C)C(C)NCC(C)C)cc1. The number of hydrogen-bond acceptors (Lipinski definition) is 3. The summed E-state index contributed by atoms with van der Waals surface area (Å²) in [6.45, 7) is 23.8. The lowest BCUT2D eigenvalue weighted by Gasteiger charge is -2.34. The molecule has 0 saturated heterocycles. The Bertz CT molecular complexity index is 652. The average molecular weight is 447 g/mol. The Morgan fingerprint density at radius 2 is 1.66 bits per heavy atom. The third-order valence-electron chi connectivity index (χ3n) is 5.88. The third-order valence-corrected chi connectivity index (χ3v) is 5.88. The van der Waals surface area contributed by atoms with Crippen molar-refractivity contribution in [3.8, 4) is 0 Å². The Balaban J connectivity index is 2.56. The van der Waals surface area contributed by atoms with E-state index >= 15 is 0 Å². The minimum Gasteiger partial charge on any atom is -0.380 e. The molecule has 32 heavy (non-hydrogen) atoms. The van der Waals surface area contributed by atoms with Crippen molar-refractivity contribution in [2.75, 3.05) is 32.8 Å². The first-order valence-corrected chi connectivity index (χ1v) is 12.5. The molecule has 1 rings (SSSR count). The maximum absolute atomic E-state index is 13.1. The first-order chi connectivity index (χ1) is 14.9. The fourth-order valence-corrected chi connectivity index (χ4v) is 3.71. The van der Waals surface area contributed by atoms with Crippen LogP contribution in [0.2, 0.25) is 0 Å². The normalized spacial score (nSPS) is 14.1. The zero-order valence-electron chi connectivity index (χ0n) is 22.3. The van der Waals surface area contributed by atoms with Gasteiger partial charge < -0.3 is 15.0 Å². The molecular formula is C28H50N2O2. The van der Waals surface area contributed by atoms with Gasteiger partial charge in [0.15, 0.2) is 0 Å². The summed E-state index contributed by atoms with van der Waals surface area (Å²) < 4.78 is 6.14. The number of benzene rings is 1. The zero-order valence-corrected chi connectivity index (χ0v) is 22.3. The van der Waals surface area contributed by atoms with Gasteiger partial charge in [-0.2, -0.15) is 0 Å². The molecule has 0 bridgehead atoms. The van der Waals surface area contributed by atoms with Crippen LogP contribution in [-0.4, -0.2) is 49.7 Å². The highest BCUT2D eigenvalue weighted by Crippen LogP contribution is 2.20. The smallest absolute Gasteiger partial charge is 0.222 e. The molecule has 4 heteroatoms. The van der Waals surface area contributed by atoms with Crippen molar-refractivity contribution < 1.29 is 9.53 Å². The molecule has 0 aliphatic heterocycles. The van der Waals surface area contributed by atoms with Gasteiger partial charge in [0.1, 0.15) is 0 Å². The third kappa shape index (κ3) is 12.0. The standard InChI is InChI=1S/C28H50N2O2/c1-21(2)16-29-25(7)24(6)18-32-20-28(8,9)19-30(17-22(3)4)27(31)15-14-26-12-10-23(5)11-13-26/h10-13,21-22,24-25,29H,14-20H2,1-9H3. The zero-order chi connectivity index (χ0) is 24.3. The van der Waals surface area contributed by atoms with Crippen LogP contribution in [0.5, 0.6) is 0 Å². The number of nitrogens with zero attached hydrogens (tertiary/aromatic N) is 1. The van der Waals surface area contributed by atoms with Gasteiger partial charge in [0, 0.05) is 31.0 Å². The summed E-state index contributed by atoms with van der Waals surface area (Å²) in [6.07, 6.45) is 1.35. The predicted octanol–water partition coefficient (Wildman–Crippen LogP) is 5.73. The van der Waals surface area contributed by atoms with Crippen molar-refractivity contribution in [2.45, 2.75) is 81.2 Å². The second kappa shape index (κ2) is 14.0. The first-order valence-electron chi connectivity index (χ1n) is 12.5. The molecule has 184 valence electrons. The molecule has 2 atom stereocenters. The number of rotatable bonds is 15. The van der Waals surface area contributed by atoms with Crippen LogP contribution in [0.15, 0.2) is 24.3 Å². The van der Waals surface area contributed by atoms with Gasteiger partial charge in [-0.1, -0.05) is 78.3 Å². The Labute approximate surface area is 198 Å². The van der Waals surface area contributed by atoms with Gasteiger partial charge >= 0.3 is 0 Å². The Morgan fingerprint density at radius 1 is 1.03 bits per heavy atom. The highest BCUT2D eigenvalue weighted by atomic mass is 16.5. The van der Waals surface area contributed by atoms with Crippen LogP contribution in [0.1, 0.15) is 72.9 Å². The van der Waals surface area contributed by atoms with Crippen molar-refractivity contribution in [1.29, 1.82) is 0 Å². The Kier molecular flexibility index (Phi) is 12.5. The van der Waals surface area contributed by atoms with Crippen LogP contribution in [0.4, 0.5) is 0 Å². The summed E-state index contributed by atoms with van der Waals surface area (Å²) in [6, 6.07) is 8.93. The molecule has 1 amide bonds. The lowest BCUT2D eigenvalue weighted by molar-refractivity contribution is -0.133. The molecule has 1 aromatic carbocycles. The summed E-state index contributed by atoms with van der Waals surface area (Å²) in [5, 5.41) is 3.60. The lowest BCUT2D eigenvalue weighted by atomic mass is 9.93. The van der Waals surface area contributed by atoms with Crippen LogP contribution < -0.4 is 5.32 Å². The van der Waals surface area contributed by atoms with E-state index in [-0.39, 0.29) is 11.3 Å². The molecule has 0 aliphatic rings. The van der Waals surface area contributed by atoms with E-state index in [1.165, 1.54) is 11.1 Å². The number of ether oxygens (including phenoxy) is 1. The van der Waals surface area contributed by atoms with E-state index in [9.17, 15) is 4.79 Å². The van der Waals surface area contributed by atoms with Gasteiger partial charge in [-0.3, -0.25) is 4.79 Å². The summed E-state index contributed by atoms with van der Waals surface area (Å²) in [5.41, 5.74) is 2.40. The number of nitrogens with one attached hydrogen (secondary N) is 1. The van der Waals surface area contributed by atoms with Gasteiger partial charge in [-0.25, -0.2) is 0 Å². The molecule has 2 unspecified atom stereocenters. The topological polar surface area (TPSA) is 41.6 Å². The van der Waals surface area contributed by atoms with Crippen molar-refractivity contribution in [1.82, 2.24) is 10.2 Å². The van der Waals surface area contributed by atoms with Gasteiger partial charge in [-0.15, -0.1) is 0 Å². The highest BCUT2D eigenvalue weighted by Gasteiger charge is 2.26.